The van der Waals surface area contributed by atoms with Gasteiger partial charge in [-0.25, -0.2) is 9.59 Å². The van der Waals surface area contributed by atoms with E-state index in [9.17, 15) is 9.59 Å². The number of carboxylic acids is 1. The van der Waals surface area contributed by atoms with E-state index in [2.05, 4.69) is 50.6 Å². The Bertz CT molecular complexity index is 458. The fraction of sp³-hybridized carbons (Fsp3) is 0.882. The van der Waals surface area contributed by atoms with E-state index in [1.165, 1.54) is 0 Å². The second-order valence-corrected chi connectivity index (χ2v) is 21.6. The van der Waals surface area contributed by atoms with Gasteiger partial charge in [-0.15, -0.1) is 0 Å². The zero-order chi connectivity index (χ0) is 21.8. The second kappa shape index (κ2) is 12.9. The largest absolute Gasteiger partial charge is 0.480 e. The van der Waals surface area contributed by atoms with Crippen LogP contribution in [0, 0.1) is 0 Å². The van der Waals surface area contributed by atoms with Gasteiger partial charge in [-0.05, 0) is 64.7 Å². The number of carbonyl (C=O) groups is 2. The van der Waals surface area contributed by atoms with Crippen molar-refractivity contribution in [3.8, 4) is 0 Å². The Morgan fingerprint density at radius 3 is 1.82 bits per heavy atom. The molecule has 0 aromatic heterocycles. The molecule has 0 spiro atoms. The minimum Gasteiger partial charge on any atom is -0.480 e. The molecule has 0 rings (SSSR count). The van der Waals surface area contributed by atoms with E-state index in [1.807, 2.05) is 0 Å². The summed E-state index contributed by atoms with van der Waals surface area (Å²) < 4.78 is 27.9. The highest BCUT2D eigenvalue weighted by atomic mass is 28.5. The van der Waals surface area contributed by atoms with Crippen molar-refractivity contribution >= 4 is 37.1 Å². The molecular formula is C17H38O8Si3. The van der Waals surface area contributed by atoms with Crippen molar-refractivity contribution in [2.45, 2.75) is 64.7 Å². The van der Waals surface area contributed by atoms with Crippen LogP contribution in [-0.2, 0) is 32.0 Å². The number of ether oxygens (including phenoxy) is 3. The van der Waals surface area contributed by atoms with Gasteiger partial charge in [-0.1, -0.05) is 0 Å². The number of esters is 1. The first-order valence-corrected chi connectivity index (χ1v) is 19.0. The molecule has 0 saturated heterocycles. The molecule has 0 amide bonds. The highest BCUT2D eigenvalue weighted by Crippen LogP contribution is 2.25. The van der Waals surface area contributed by atoms with Crippen molar-refractivity contribution in [1.82, 2.24) is 0 Å². The highest BCUT2D eigenvalue weighted by Gasteiger charge is 2.39. The monoisotopic (exact) mass is 454 g/mol. The van der Waals surface area contributed by atoms with E-state index >= 15 is 0 Å². The van der Waals surface area contributed by atoms with Gasteiger partial charge in [0, 0.05) is 6.61 Å². The molecule has 8 nitrogen and oxygen atoms in total. The molecule has 0 saturated carbocycles. The van der Waals surface area contributed by atoms with E-state index < -0.39 is 43.7 Å². The molecule has 0 bridgehead atoms. The van der Waals surface area contributed by atoms with E-state index in [4.69, 9.17) is 22.8 Å². The zero-order valence-electron chi connectivity index (χ0n) is 18.5. The number of hydrogen-bond acceptors (Lipinski definition) is 7. The first kappa shape index (κ1) is 27.4. The molecule has 166 valence electrons. The molecule has 0 unspecified atom stereocenters. The highest BCUT2D eigenvalue weighted by molar-refractivity contribution is 6.87. The number of carboxylic acid groups (broad SMARTS) is 1. The van der Waals surface area contributed by atoms with Gasteiger partial charge in [0.25, 0.3) is 0 Å². The molecule has 28 heavy (non-hydrogen) atoms. The van der Waals surface area contributed by atoms with Crippen LogP contribution in [0.15, 0.2) is 0 Å². The van der Waals surface area contributed by atoms with Gasteiger partial charge in [0.1, 0.15) is 19.8 Å². The SMILES string of the molecule is C[Si](C)(C)O[Si](C)(CCCCOCCOC(=O)COCC(=O)O)O[Si](C)(C)C. The van der Waals surface area contributed by atoms with Gasteiger partial charge in [0.05, 0.1) is 6.61 Å². The van der Waals surface area contributed by atoms with Gasteiger partial charge >= 0.3 is 20.5 Å². The number of unbranched alkanes of at least 4 members (excludes halogenated alkanes) is 1. The lowest BCUT2D eigenvalue weighted by Crippen LogP contribution is -2.52. The maximum absolute atomic E-state index is 11.3. The molecular weight excluding hydrogens is 416 g/mol. The molecule has 0 aliphatic carbocycles. The average molecular weight is 455 g/mol. The summed E-state index contributed by atoms with van der Waals surface area (Å²) in [5, 5.41) is 8.40. The Hall–Kier alpha value is -0.569. The molecule has 0 heterocycles. The first-order chi connectivity index (χ1) is 12.7. The maximum atomic E-state index is 11.3. The third-order valence-corrected chi connectivity index (χ3v) is 12.8. The average Bonchev–Trinajstić information content (AvgIpc) is 2.45. The third kappa shape index (κ3) is 17.5. The fourth-order valence-electron chi connectivity index (χ4n) is 2.65. The van der Waals surface area contributed by atoms with Crippen molar-refractivity contribution < 1.29 is 37.1 Å². The zero-order valence-corrected chi connectivity index (χ0v) is 21.5. The van der Waals surface area contributed by atoms with E-state index in [0.717, 1.165) is 18.9 Å². The Morgan fingerprint density at radius 1 is 0.750 bits per heavy atom. The van der Waals surface area contributed by atoms with E-state index in [1.54, 1.807) is 0 Å². The fourth-order valence-corrected chi connectivity index (χ4v) is 15.3. The van der Waals surface area contributed by atoms with Gasteiger partial charge in [-0.2, -0.15) is 0 Å². The van der Waals surface area contributed by atoms with Crippen molar-refractivity contribution in [1.29, 1.82) is 0 Å². The van der Waals surface area contributed by atoms with Gasteiger partial charge in [-0.3, -0.25) is 0 Å². The summed E-state index contributed by atoms with van der Waals surface area (Å²) in [6.45, 7) is 15.5. The second-order valence-electron chi connectivity index (χ2n) is 8.74. The summed E-state index contributed by atoms with van der Waals surface area (Å²) in [5.41, 5.74) is 0. The molecule has 11 heteroatoms. The lowest BCUT2D eigenvalue weighted by atomic mass is 10.4. The lowest BCUT2D eigenvalue weighted by molar-refractivity contribution is -0.153. The number of rotatable bonds is 16. The first-order valence-electron chi connectivity index (χ1n) is 9.66. The Kier molecular flexibility index (Phi) is 12.6. The Morgan fingerprint density at radius 2 is 1.32 bits per heavy atom. The lowest BCUT2D eigenvalue weighted by Gasteiger charge is -2.38. The van der Waals surface area contributed by atoms with Crippen LogP contribution in [-0.4, -0.2) is 75.3 Å². The summed E-state index contributed by atoms with van der Waals surface area (Å²) in [6.07, 6.45) is 1.86. The molecule has 0 aliphatic heterocycles. The molecule has 0 atom stereocenters. The van der Waals surface area contributed by atoms with Gasteiger partial charge in [0.15, 0.2) is 16.6 Å². The summed E-state index contributed by atoms with van der Waals surface area (Å²) >= 11 is 0. The molecule has 1 N–H and O–H groups in total. The van der Waals surface area contributed by atoms with Crippen LogP contribution >= 0.6 is 0 Å². The predicted octanol–water partition coefficient (Wildman–Crippen LogP) is 3.20. The van der Waals surface area contributed by atoms with Gasteiger partial charge in [0.2, 0.25) is 0 Å². The van der Waals surface area contributed by atoms with Crippen LogP contribution in [0.4, 0.5) is 0 Å². The Labute approximate surface area is 172 Å². The van der Waals surface area contributed by atoms with Crippen molar-refractivity contribution in [2.75, 3.05) is 33.0 Å². The summed E-state index contributed by atoms with van der Waals surface area (Å²) in [5.74, 6) is -1.72. The summed E-state index contributed by atoms with van der Waals surface area (Å²) in [7, 11) is -5.53. The molecule has 0 fully saturated rings. The summed E-state index contributed by atoms with van der Waals surface area (Å²) in [4.78, 5) is 21.5. The van der Waals surface area contributed by atoms with Crippen LogP contribution in [0.2, 0.25) is 51.9 Å². The number of hydrogen-bond donors (Lipinski definition) is 1. The maximum Gasteiger partial charge on any atom is 0.332 e. The van der Waals surface area contributed by atoms with Crippen molar-refractivity contribution in [2.24, 2.45) is 0 Å². The minimum atomic E-state index is -2.19. The van der Waals surface area contributed by atoms with Crippen molar-refractivity contribution in [3.63, 3.8) is 0 Å². The van der Waals surface area contributed by atoms with Crippen LogP contribution in [0.5, 0.6) is 0 Å². The molecule has 0 aliphatic rings. The third-order valence-electron chi connectivity index (χ3n) is 3.15. The van der Waals surface area contributed by atoms with Crippen LogP contribution in [0.1, 0.15) is 12.8 Å². The minimum absolute atomic E-state index is 0.124. The van der Waals surface area contributed by atoms with Gasteiger partial charge < -0.3 is 27.5 Å². The van der Waals surface area contributed by atoms with Crippen LogP contribution < -0.4 is 0 Å². The van der Waals surface area contributed by atoms with Crippen molar-refractivity contribution in [3.05, 3.63) is 0 Å². The number of aliphatic carboxylic acids is 1. The quantitative estimate of drug-likeness (QED) is 0.215. The molecule has 0 aromatic rings. The van der Waals surface area contributed by atoms with E-state index in [-0.39, 0.29) is 13.2 Å². The Balaban J connectivity index is 3.96. The predicted molar refractivity (Wildman–Crippen MR) is 115 cm³/mol. The molecule has 0 aromatic carbocycles. The van der Waals surface area contributed by atoms with Crippen LogP contribution in [0.25, 0.3) is 0 Å². The number of carbonyl (C=O) groups excluding carboxylic acids is 1. The summed E-state index contributed by atoms with van der Waals surface area (Å²) in [6, 6.07) is 0.945. The smallest absolute Gasteiger partial charge is 0.332 e. The van der Waals surface area contributed by atoms with Crippen LogP contribution in [0.3, 0.4) is 0 Å². The molecule has 0 radical (unpaired) electrons. The standard InChI is InChI=1S/C17H38O8Si3/c1-26(2,3)24-28(7,25-27(4,5)6)13-9-8-10-21-11-12-23-17(20)15-22-14-16(18)19/h8-15H2,1-7H3,(H,18,19). The topological polar surface area (TPSA) is 101 Å². The normalized spacial score (nSPS) is 12.8. The van der Waals surface area contributed by atoms with E-state index in [0.29, 0.717) is 13.2 Å².